The molecule has 0 bridgehead atoms. The molecule has 0 saturated heterocycles. The number of methoxy groups -OCH3 is 1. The Morgan fingerprint density at radius 3 is 2.78 bits per heavy atom. The Morgan fingerprint density at radius 1 is 1.44 bits per heavy atom. The highest BCUT2D eigenvalue weighted by Gasteiger charge is 2.23. The van der Waals surface area contributed by atoms with Gasteiger partial charge in [-0.2, -0.15) is 4.31 Å². The minimum atomic E-state index is -3.12. The van der Waals surface area contributed by atoms with Gasteiger partial charge in [0, 0.05) is 26.7 Å². The maximum atomic E-state index is 12.0. The fraction of sp³-hybridized carbons (Fsp3) is 0.833. The van der Waals surface area contributed by atoms with Gasteiger partial charge in [0.25, 0.3) is 0 Å². The smallest absolute Gasteiger partial charge is 0.215 e. The summed E-state index contributed by atoms with van der Waals surface area (Å²) in [5.74, 6) is 0.181. The second-order valence-electron chi connectivity index (χ2n) is 4.47. The van der Waals surface area contributed by atoms with Gasteiger partial charge in [-0.3, -0.25) is 0 Å². The molecule has 106 valence electrons. The zero-order valence-electron chi connectivity index (χ0n) is 11.3. The highest BCUT2D eigenvalue weighted by atomic mass is 32.2. The highest BCUT2D eigenvalue weighted by molar-refractivity contribution is 7.89. The van der Waals surface area contributed by atoms with Crippen molar-refractivity contribution < 1.29 is 13.2 Å². The molecular formula is C12H24N2O3S. The lowest BCUT2D eigenvalue weighted by Gasteiger charge is -2.25. The molecule has 0 radical (unpaired) electrons. The maximum Gasteiger partial charge on any atom is 0.215 e. The Balaban J connectivity index is 2.40. The van der Waals surface area contributed by atoms with Crippen molar-refractivity contribution in [1.82, 2.24) is 9.62 Å². The molecule has 0 unspecified atom stereocenters. The fourth-order valence-corrected chi connectivity index (χ4v) is 3.23. The van der Waals surface area contributed by atoms with E-state index in [9.17, 15) is 8.42 Å². The molecule has 0 amide bonds. The second kappa shape index (κ2) is 7.89. The van der Waals surface area contributed by atoms with Crippen LogP contribution in [0.15, 0.2) is 11.6 Å². The van der Waals surface area contributed by atoms with Crippen molar-refractivity contribution in [3.8, 4) is 0 Å². The number of nitrogens with one attached hydrogen (secondary N) is 1. The van der Waals surface area contributed by atoms with Crippen molar-refractivity contribution in [3.05, 3.63) is 11.6 Å². The normalized spacial score (nSPS) is 17.8. The van der Waals surface area contributed by atoms with Crippen molar-refractivity contribution in [3.63, 3.8) is 0 Å². The van der Waals surface area contributed by atoms with Gasteiger partial charge in [-0.1, -0.05) is 13.0 Å². The van der Waals surface area contributed by atoms with E-state index >= 15 is 0 Å². The molecule has 0 aliphatic carbocycles. The van der Waals surface area contributed by atoms with Crippen LogP contribution in [0.4, 0.5) is 0 Å². The van der Waals surface area contributed by atoms with Crippen LogP contribution in [0.25, 0.3) is 0 Å². The molecule has 5 nitrogen and oxygen atoms in total. The summed E-state index contributed by atoms with van der Waals surface area (Å²) in [5, 5.41) is 3.12. The Kier molecular flexibility index (Phi) is 6.85. The Bertz CT molecular complexity index is 366. The predicted molar refractivity (Wildman–Crippen MR) is 73.1 cm³/mol. The number of rotatable bonds is 8. The lowest BCUT2D eigenvalue weighted by Crippen LogP contribution is -2.39. The van der Waals surface area contributed by atoms with Crippen molar-refractivity contribution in [1.29, 1.82) is 0 Å². The third-order valence-electron chi connectivity index (χ3n) is 2.95. The first-order valence-electron chi connectivity index (χ1n) is 6.45. The molecule has 1 rings (SSSR count). The fourth-order valence-electron chi connectivity index (χ4n) is 1.89. The van der Waals surface area contributed by atoms with Crippen LogP contribution in [0.3, 0.4) is 0 Å². The van der Waals surface area contributed by atoms with E-state index in [0.29, 0.717) is 26.2 Å². The van der Waals surface area contributed by atoms with Gasteiger partial charge in [-0.05, 0) is 25.0 Å². The van der Waals surface area contributed by atoms with Gasteiger partial charge in [0.1, 0.15) is 0 Å². The molecule has 1 N–H and O–H groups in total. The summed E-state index contributed by atoms with van der Waals surface area (Å²) in [7, 11) is -1.46. The number of nitrogens with zero attached hydrogens (tertiary/aromatic N) is 1. The van der Waals surface area contributed by atoms with Crippen molar-refractivity contribution in [2.45, 2.75) is 19.8 Å². The van der Waals surface area contributed by atoms with Crippen molar-refractivity contribution in [2.75, 3.05) is 45.6 Å². The summed E-state index contributed by atoms with van der Waals surface area (Å²) in [4.78, 5) is 0. The second-order valence-corrected chi connectivity index (χ2v) is 6.56. The first-order valence-corrected chi connectivity index (χ1v) is 8.06. The van der Waals surface area contributed by atoms with Crippen LogP contribution < -0.4 is 5.32 Å². The van der Waals surface area contributed by atoms with Gasteiger partial charge in [-0.15, -0.1) is 0 Å². The van der Waals surface area contributed by atoms with E-state index in [1.807, 2.05) is 6.08 Å². The molecule has 0 aromatic carbocycles. The van der Waals surface area contributed by atoms with Crippen molar-refractivity contribution in [2.24, 2.45) is 0 Å². The average molecular weight is 276 g/mol. The van der Waals surface area contributed by atoms with Crippen LogP contribution in [-0.4, -0.2) is 58.4 Å². The standard InChI is InChI=1S/C12H24N2O3S/c1-3-6-13-7-10-18(15,16)14-8-4-12(5-9-14)11-17-2/h4,13H,3,5-11H2,1-2H3. The first-order chi connectivity index (χ1) is 8.60. The van der Waals surface area contributed by atoms with Gasteiger partial charge < -0.3 is 10.1 Å². The van der Waals surface area contributed by atoms with E-state index in [2.05, 4.69) is 12.2 Å². The van der Waals surface area contributed by atoms with Crippen LogP contribution in [0.5, 0.6) is 0 Å². The van der Waals surface area contributed by atoms with Gasteiger partial charge in [-0.25, -0.2) is 8.42 Å². The highest BCUT2D eigenvalue weighted by Crippen LogP contribution is 2.14. The Hall–Kier alpha value is -0.430. The third kappa shape index (κ3) is 5.06. The molecule has 0 aromatic heterocycles. The van der Waals surface area contributed by atoms with E-state index in [-0.39, 0.29) is 5.75 Å². The Morgan fingerprint density at radius 2 is 2.22 bits per heavy atom. The molecular weight excluding hydrogens is 252 g/mol. The summed E-state index contributed by atoms with van der Waals surface area (Å²) in [5.41, 5.74) is 1.19. The molecule has 1 heterocycles. The lowest BCUT2D eigenvalue weighted by atomic mass is 10.1. The van der Waals surface area contributed by atoms with Crippen molar-refractivity contribution >= 4 is 10.0 Å². The zero-order valence-corrected chi connectivity index (χ0v) is 12.1. The van der Waals surface area contributed by atoms with Gasteiger partial charge in [0.15, 0.2) is 0 Å². The van der Waals surface area contributed by atoms with E-state index in [1.165, 1.54) is 5.57 Å². The van der Waals surface area contributed by atoms with E-state index in [0.717, 1.165) is 19.4 Å². The minimum Gasteiger partial charge on any atom is -0.380 e. The van der Waals surface area contributed by atoms with Gasteiger partial charge in [0.05, 0.1) is 12.4 Å². The lowest BCUT2D eigenvalue weighted by molar-refractivity contribution is 0.219. The Labute approximate surface area is 110 Å². The quantitative estimate of drug-likeness (QED) is 0.521. The van der Waals surface area contributed by atoms with E-state index in [4.69, 9.17) is 4.74 Å². The minimum absolute atomic E-state index is 0.181. The molecule has 1 aliphatic rings. The molecule has 0 fully saturated rings. The SMILES string of the molecule is CCCNCCS(=O)(=O)N1CC=C(COC)CC1. The van der Waals surface area contributed by atoms with Crippen LogP contribution in [0, 0.1) is 0 Å². The van der Waals surface area contributed by atoms with Crippen LogP contribution in [-0.2, 0) is 14.8 Å². The summed E-state index contributed by atoms with van der Waals surface area (Å²) in [6.07, 6.45) is 3.76. The molecule has 6 heteroatoms. The van der Waals surface area contributed by atoms with Crippen LogP contribution >= 0.6 is 0 Å². The molecule has 0 spiro atoms. The molecule has 0 aromatic rings. The number of ether oxygens (including phenoxy) is 1. The molecule has 0 saturated carbocycles. The molecule has 18 heavy (non-hydrogen) atoms. The van der Waals surface area contributed by atoms with E-state index < -0.39 is 10.0 Å². The molecule has 1 aliphatic heterocycles. The average Bonchev–Trinajstić information content (AvgIpc) is 2.36. The molecule has 0 atom stereocenters. The van der Waals surface area contributed by atoms with E-state index in [1.54, 1.807) is 11.4 Å². The van der Waals surface area contributed by atoms with Crippen LogP contribution in [0.1, 0.15) is 19.8 Å². The van der Waals surface area contributed by atoms with Crippen LogP contribution in [0.2, 0.25) is 0 Å². The summed E-state index contributed by atoms with van der Waals surface area (Å²) < 4.78 is 30.7. The monoisotopic (exact) mass is 276 g/mol. The predicted octanol–water partition coefficient (Wildman–Crippen LogP) is 0.594. The number of hydrogen-bond acceptors (Lipinski definition) is 4. The number of hydrogen-bond donors (Lipinski definition) is 1. The van der Waals surface area contributed by atoms with Gasteiger partial charge in [0.2, 0.25) is 10.0 Å². The summed E-state index contributed by atoms with van der Waals surface area (Å²) >= 11 is 0. The topological polar surface area (TPSA) is 58.6 Å². The third-order valence-corrected chi connectivity index (χ3v) is 4.79. The maximum absolute atomic E-state index is 12.0. The largest absolute Gasteiger partial charge is 0.380 e. The number of sulfonamides is 1. The van der Waals surface area contributed by atoms with Gasteiger partial charge >= 0.3 is 0 Å². The zero-order chi connectivity index (χ0) is 13.4. The summed E-state index contributed by atoms with van der Waals surface area (Å²) in [6.45, 7) is 5.12. The summed E-state index contributed by atoms with van der Waals surface area (Å²) in [6, 6.07) is 0. The first kappa shape index (κ1) is 15.6.